The highest BCUT2D eigenvalue weighted by Gasteiger charge is 2.41. The van der Waals surface area contributed by atoms with Crippen molar-refractivity contribution in [2.75, 3.05) is 25.0 Å². The Morgan fingerprint density at radius 3 is 2.12 bits per heavy atom. The Balaban J connectivity index is 1.56. The van der Waals surface area contributed by atoms with Crippen LogP contribution in [0.3, 0.4) is 0 Å². The van der Waals surface area contributed by atoms with Crippen LogP contribution in [0.15, 0.2) is 24.3 Å². The second kappa shape index (κ2) is 9.76. The standard InChI is InChI=1S/C26H38N4O4/c1-25(2,3)28-23(33)19-9-7-8-10-20(19)27-22(32)17-11-13-29(14-12-17)24(34)18-15-21(31)30(16-18)26(4,5)6/h7-10,17-18H,11-16H2,1-6H3,(H,27,32)(H,28,33). The van der Waals surface area contributed by atoms with Crippen molar-refractivity contribution >= 4 is 29.3 Å². The van der Waals surface area contributed by atoms with E-state index in [-0.39, 0.29) is 53.0 Å². The molecule has 8 nitrogen and oxygen atoms in total. The van der Waals surface area contributed by atoms with Crippen LogP contribution in [0.5, 0.6) is 0 Å². The smallest absolute Gasteiger partial charge is 0.253 e. The van der Waals surface area contributed by atoms with Gasteiger partial charge < -0.3 is 20.4 Å². The highest BCUT2D eigenvalue weighted by atomic mass is 16.2. The molecular weight excluding hydrogens is 432 g/mol. The van der Waals surface area contributed by atoms with Gasteiger partial charge in [-0.1, -0.05) is 12.1 Å². The molecule has 3 rings (SSSR count). The molecule has 2 aliphatic rings. The molecule has 34 heavy (non-hydrogen) atoms. The van der Waals surface area contributed by atoms with Crippen LogP contribution in [0.1, 0.15) is 71.2 Å². The predicted octanol–water partition coefficient (Wildman–Crippen LogP) is 3.04. The summed E-state index contributed by atoms with van der Waals surface area (Å²) in [6, 6.07) is 6.98. The van der Waals surface area contributed by atoms with E-state index in [1.54, 1.807) is 34.1 Å². The van der Waals surface area contributed by atoms with Gasteiger partial charge in [-0.3, -0.25) is 19.2 Å². The molecule has 2 fully saturated rings. The van der Waals surface area contributed by atoms with E-state index in [0.717, 1.165) is 0 Å². The van der Waals surface area contributed by atoms with Crippen LogP contribution in [0.4, 0.5) is 5.69 Å². The number of para-hydroxylation sites is 1. The van der Waals surface area contributed by atoms with Crippen molar-refractivity contribution in [3.8, 4) is 0 Å². The molecule has 0 spiro atoms. The lowest BCUT2D eigenvalue weighted by Crippen LogP contribution is -2.46. The van der Waals surface area contributed by atoms with Crippen LogP contribution >= 0.6 is 0 Å². The van der Waals surface area contributed by atoms with Gasteiger partial charge in [0.1, 0.15) is 0 Å². The molecule has 2 N–H and O–H groups in total. The Kier molecular flexibility index (Phi) is 7.38. The predicted molar refractivity (Wildman–Crippen MR) is 131 cm³/mol. The van der Waals surface area contributed by atoms with Crippen LogP contribution in [0, 0.1) is 11.8 Å². The summed E-state index contributed by atoms with van der Waals surface area (Å²) >= 11 is 0. The van der Waals surface area contributed by atoms with Gasteiger partial charge in [-0.05, 0) is 66.5 Å². The molecule has 1 atom stereocenters. The van der Waals surface area contributed by atoms with Gasteiger partial charge in [0.15, 0.2) is 0 Å². The lowest BCUT2D eigenvalue weighted by Gasteiger charge is -2.34. The Hall–Kier alpha value is -2.90. The lowest BCUT2D eigenvalue weighted by atomic mass is 9.94. The van der Waals surface area contributed by atoms with Crippen LogP contribution in [-0.2, 0) is 14.4 Å². The van der Waals surface area contributed by atoms with Crippen LogP contribution in [0.2, 0.25) is 0 Å². The number of likely N-dealkylation sites (tertiary alicyclic amines) is 2. The van der Waals surface area contributed by atoms with E-state index < -0.39 is 0 Å². The normalized spacial score (nSPS) is 19.8. The highest BCUT2D eigenvalue weighted by Crippen LogP contribution is 2.29. The lowest BCUT2D eigenvalue weighted by molar-refractivity contribution is -0.138. The van der Waals surface area contributed by atoms with Crippen molar-refractivity contribution in [3.63, 3.8) is 0 Å². The maximum atomic E-state index is 13.0. The highest BCUT2D eigenvalue weighted by molar-refractivity contribution is 6.04. The fraction of sp³-hybridized carbons (Fsp3) is 0.615. The molecule has 0 aromatic heterocycles. The van der Waals surface area contributed by atoms with E-state index in [1.807, 2.05) is 41.5 Å². The molecule has 0 radical (unpaired) electrons. The molecule has 0 saturated carbocycles. The van der Waals surface area contributed by atoms with Gasteiger partial charge in [-0.15, -0.1) is 0 Å². The summed E-state index contributed by atoms with van der Waals surface area (Å²) in [7, 11) is 0. The zero-order chi connectivity index (χ0) is 25.3. The third kappa shape index (κ3) is 6.15. The SMILES string of the molecule is CC(C)(C)NC(=O)c1ccccc1NC(=O)C1CCN(C(=O)C2CC(=O)N(C(C)(C)C)C2)CC1. The molecule has 2 aliphatic heterocycles. The molecule has 2 heterocycles. The molecule has 8 heteroatoms. The molecule has 2 saturated heterocycles. The number of carbonyl (C=O) groups excluding carboxylic acids is 4. The average molecular weight is 471 g/mol. The van der Waals surface area contributed by atoms with Crippen molar-refractivity contribution in [3.05, 3.63) is 29.8 Å². The molecule has 0 bridgehead atoms. The average Bonchev–Trinajstić information content (AvgIpc) is 3.14. The number of anilines is 1. The summed E-state index contributed by atoms with van der Waals surface area (Å²) in [5.41, 5.74) is 0.228. The van der Waals surface area contributed by atoms with E-state index in [4.69, 9.17) is 0 Å². The number of piperidine rings is 1. The minimum Gasteiger partial charge on any atom is -0.347 e. The van der Waals surface area contributed by atoms with Crippen LogP contribution < -0.4 is 10.6 Å². The van der Waals surface area contributed by atoms with E-state index >= 15 is 0 Å². The second-order valence-electron chi connectivity index (χ2n) is 11.4. The van der Waals surface area contributed by atoms with Gasteiger partial charge >= 0.3 is 0 Å². The Labute approximate surface area is 202 Å². The van der Waals surface area contributed by atoms with Gasteiger partial charge in [-0.25, -0.2) is 0 Å². The minimum atomic E-state index is -0.387. The Bertz CT molecular complexity index is 952. The van der Waals surface area contributed by atoms with Crippen molar-refractivity contribution in [1.29, 1.82) is 0 Å². The van der Waals surface area contributed by atoms with E-state index in [1.165, 1.54) is 0 Å². The number of hydrogen-bond acceptors (Lipinski definition) is 4. The maximum absolute atomic E-state index is 13.0. The first-order chi connectivity index (χ1) is 15.8. The number of benzene rings is 1. The first-order valence-electron chi connectivity index (χ1n) is 12.1. The summed E-state index contributed by atoms with van der Waals surface area (Å²) in [6.07, 6.45) is 1.36. The molecule has 1 unspecified atom stereocenters. The number of nitrogens with one attached hydrogen (secondary N) is 2. The Morgan fingerprint density at radius 1 is 0.941 bits per heavy atom. The Morgan fingerprint density at radius 2 is 1.56 bits per heavy atom. The van der Waals surface area contributed by atoms with Crippen LogP contribution in [0.25, 0.3) is 0 Å². The van der Waals surface area contributed by atoms with Crippen molar-refractivity contribution < 1.29 is 19.2 Å². The van der Waals surface area contributed by atoms with Crippen molar-refractivity contribution in [2.45, 2.75) is 71.9 Å². The minimum absolute atomic E-state index is 0.00292. The summed E-state index contributed by atoms with van der Waals surface area (Å²) in [5, 5.41) is 5.85. The summed E-state index contributed by atoms with van der Waals surface area (Å²) in [5.74, 6) is -0.904. The number of carbonyl (C=O) groups is 4. The summed E-state index contributed by atoms with van der Waals surface area (Å²) < 4.78 is 0. The third-order valence-electron chi connectivity index (χ3n) is 6.38. The monoisotopic (exact) mass is 470 g/mol. The first-order valence-corrected chi connectivity index (χ1v) is 12.1. The van der Waals surface area contributed by atoms with E-state index in [9.17, 15) is 19.2 Å². The molecule has 0 aliphatic carbocycles. The molecular formula is C26H38N4O4. The zero-order valence-corrected chi connectivity index (χ0v) is 21.2. The van der Waals surface area contributed by atoms with Gasteiger partial charge in [0.05, 0.1) is 17.2 Å². The maximum Gasteiger partial charge on any atom is 0.253 e. The largest absolute Gasteiger partial charge is 0.347 e. The van der Waals surface area contributed by atoms with E-state index in [2.05, 4.69) is 10.6 Å². The second-order valence-corrected chi connectivity index (χ2v) is 11.4. The van der Waals surface area contributed by atoms with E-state index in [0.29, 0.717) is 43.7 Å². The number of hydrogen-bond donors (Lipinski definition) is 2. The quantitative estimate of drug-likeness (QED) is 0.707. The van der Waals surface area contributed by atoms with Gasteiger partial charge in [0, 0.05) is 43.1 Å². The van der Waals surface area contributed by atoms with Crippen LogP contribution in [-0.4, -0.2) is 64.1 Å². The fourth-order valence-electron chi connectivity index (χ4n) is 4.57. The van der Waals surface area contributed by atoms with Crippen molar-refractivity contribution in [2.24, 2.45) is 11.8 Å². The number of amides is 4. The van der Waals surface area contributed by atoms with Gasteiger partial charge in [-0.2, -0.15) is 0 Å². The zero-order valence-electron chi connectivity index (χ0n) is 21.2. The van der Waals surface area contributed by atoms with Gasteiger partial charge in [0.25, 0.3) is 5.91 Å². The molecule has 1 aromatic carbocycles. The third-order valence-corrected chi connectivity index (χ3v) is 6.38. The topological polar surface area (TPSA) is 98.8 Å². The number of nitrogens with zero attached hydrogens (tertiary/aromatic N) is 2. The van der Waals surface area contributed by atoms with Gasteiger partial charge in [0.2, 0.25) is 17.7 Å². The number of rotatable bonds is 4. The first kappa shape index (κ1) is 25.7. The molecule has 1 aromatic rings. The van der Waals surface area contributed by atoms with Crippen molar-refractivity contribution in [1.82, 2.24) is 15.1 Å². The molecule has 186 valence electrons. The summed E-state index contributed by atoms with van der Waals surface area (Å²) in [6.45, 7) is 13.1. The molecule has 4 amide bonds. The fourth-order valence-corrected chi connectivity index (χ4v) is 4.57. The summed E-state index contributed by atoms with van der Waals surface area (Å²) in [4.78, 5) is 54.6.